The second kappa shape index (κ2) is 6.12. The lowest BCUT2D eigenvalue weighted by Crippen LogP contribution is -2.63. The molecule has 1 aliphatic carbocycles. The molecule has 0 aromatic heterocycles. The maximum Gasteiger partial charge on any atom is 0.308 e. The minimum absolute atomic E-state index is 0.371. The fourth-order valence-corrected chi connectivity index (χ4v) is 3.81. The average Bonchev–Trinajstić information content (AvgIpc) is 2.55. The van der Waals surface area contributed by atoms with Gasteiger partial charge in [-0.05, 0) is 12.8 Å². The van der Waals surface area contributed by atoms with Gasteiger partial charge in [0.25, 0.3) is 0 Å². The molecule has 0 radical (unpaired) electrons. The Balaban J connectivity index is 1.87. The molecule has 1 amide bonds. The summed E-state index contributed by atoms with van der Waals surface area (Å²) in [7, 11) is 0. The van der Waals surface area contributed by atoms with E-state index < -0.39 is 47.6 Å². The van der Waals surface area contributed by atoms with E-state index in [2.05, 4.69) is 5.32 Å². The summed E-state index contributed by atoms with van der Waals surface area (Å²) in [6.07, 6.45) is 0.593. The Morgan fingerprint density at radius 1 is 1.13 bits per heavy atom. The number of hydrogen-bond donors (Lipinski definition) is 3. The van der Waals surface area contributed by atoms with E-state index in [1.807, 2.05) is 0 Å². The zero-order valence-corrected chi connectivity index (χ0v) is 12.5. The number of ketones is 1. The summed E-state index contributed by atoms with van der Waals surface area (Å²) in [5.41, 5.74) is 0.371. The Morgan fingerprint density at radius 2 is 1.83 bits per heavy atom. The number of hydrogen-bond acceptors (Lipinski definition) is 4. The maximum absolute atomic E-state index is 12.6. The first kappa shape index (κ1) is 15.7. The lowest BCUT2D eigenvalue weighted by molar-refractivity contribution is -0.150. The summed E-state index contributed by atoms with van der Waals surface area (Å²) < 4.78 is 0. The van der Waals surface area contributed by atoms with Gasteiger partial charge in [-0.15, -0.1) is 0 Å². The van der Waals surface area contributed by atoms with Crippen LogP contribution in [0.1, 0.15) is 29.6 Å². The SMILES string of the molecule is O=C(O)C1CCCC2C(O)C(C(=O)c3ccccc3)C(=O)NC12. The van der Waals surface area contributed by atoms with Crippen LogP contribution in [0.4, 0.5) is 0 Å². The van der Waals surface area contributed by atoms with E-state index in [1.54, 1.807) is 30.3 Å². The van der Waals surface area contributed by atoms with Crippen LogP contribution in [0, 0.1) is 17.8 Å². The quantitative estimate of drug-likeness (QED) is 0.566. The molecular weight excluding hydrogens is 298 g/mol. The largest absolute Gasteiger partial charge is 0.481 e. The zero-order chi connectivity index (χ0) is 16.6. The van der Waals surface area contributed by atoms with E-state index in [0.29, 0.717) is 24.8 Å². The van der Waals surface area contributed by atoms with Crippen molar-refractivity contribution < 1.29 is 24.6 Å². The number of Topliss-reactive ketones (excluding diaryl/α,β-unsaturated/α-hetero) is 1. The number of nitrogens with one attached hydrogen (secondary N) is 1. The average molecular weight is 317 g/mol. The van der Waals surface area contributed by atoms with Crippen LogP contribution < -0.4 is 5.32 Å². The molecule has 5 unspecified atom stereocenters. The van der Waals surface area contributed by atoms with Gasteiger partial charge in [0.2, 0.25) is 5.91 Å². The molecule has 5 atom stereocenters. The summed E-state index contributed by atoms with van der Waals surface area (Å²) in [5, 5.41) is 22.6. The number of carbonyl (C=O) groups is 3. The minimum atomic E-state index is -1.17. The van der Waals surface area contributed by atoms with E-state index in [9.17, 15) is 24.6 Å². The van der Waals surface area contributed by atoms with Crippen LogP contribution in [0.5, 0.6) is 0 Å². The predicted octanol–water partition coefficient (Wildman–Crippen LogP) is 0.846. The van der Waals surface area contributed by atoms with Crippen molar-refractivity contribution in [2.45, 2.75) is 31.4 Å². The highest BCUT2D eigenvalue weighted by Gasteiger charge is 2.51. The van der Waals surface area contributed by atoms with Crippen molar-refractivity contribution in [2.75, 3.05) is 0 Å². The minimum Gasteiger partial charge on any atom is -0.481 e. The molecule has 3 N–H and O–H groups in total. The number of fused-ring (bicyclic) bond motifs is 1. The van der Waals surface area contributed by atoms with Crippen molar-refractivity contribution in [2.24, 2.45) is 17.8 Å². The second-order valence-corrected chi connectivity index (χ2v) is 6.27. The first-order valence-electron chi connectivity index (χ1n) is 7.81. The van der Waals surface area contributed by atoms with Crippen molar-refractivity contribution in [3.8, 4) is 0 Å². The summed E-state index contributed by atoms with van der Waals surface area (Å²) in [6, 6.07) is 7.77. The summed E-state index contributed by atoms with van der Waals surface area (Å²) in [5.74, 6) is -4.26. The third-order valence-electron chi connectivity index (χ3n) is 4.98. The Kier molecular flexibility index (Phi) is 4.17. The fourth-order valence-electron chi connectivity index (χ4n) is 3.81. The number of benzene rings is 1. The molecule has 6 nitrogen and oxygen atoms in total. The summed E-state index contributed by atoms with van der Waals surface area (Å²) >= 11 is 0. The van der Waals surface area contributed by atoms with Crippen LogP contribution in [0.15, 0.2) is 30.3 Å². The number of carbonyl (C=O) groups excluding carboxylic acids is 2. The molecular formula is C17H19NO5. The van der Waals surface area contributed by atoms with E-state index in [1.165, 1.54) is 0 Å². The van der Waals surface area contributed by atoms with E-state index in [0.717, 1.165) is 0 Å². The van der Waals surface area contributed by atoms with Crippen molar-refractivity contribution >= 4 is 17.7 Å². The molecule has 2 aliphatic rings. The van der Waals surface area contributed by atoms with Crippen LogP contribution in [-0.2, 0) is 9.59 Å². The molecule has 0 bridgehead atoms. The van der Waals surface area contributed by atoms with E-state index in [-0.39, 0.29) is 0 Å². The first-order chi connectivity index (χ1) is 11.0. The van der Waals surface area contributed by atoms with Gasteiger partial charge < -0.3 is 15.5 Å². The van der Waals surface area contributed by atoms with Gasteiger partial charge in [-0.3, -0.25) is 14.4 Å². The molecule has 1 saturated heterocycles. The zero-order valence-electron chi connectivity index (χ0n) is 12.5. The van der Waals surface area contributed by atoms with E-state index in [4.69, 9.17) is 0 Å². The fraction of sp³-hybridized carbons (Fsp3) is 0.471. The van der Waals surface area contributed by atoms with Gasteiger partial charge in [-0.2, -0.15) is 0 Å². The highest BCUT2D eigenvalue weighted by molar-refractivity contribution is 6.11. The third kappa shape index (κ3) is 2.74. The van der Waals surface area contributed by atoms with Gasteiger partial charge in [0.15, 0.2) is 5.78 Å². The third-order valence-corrected chi connectivity index (χ3v) is 4.98. The lowest BCUT2D eigenvalue weighted by atomic mass is 9.68. The Labute approximate surface area is 133 Å². The van der Waals surface area contributed by atoms with Crippen molar-refractivity contribution in [3.05, 3.63) is 35.9 Å². The Hall–Kier alpha value is -2.21. The summed E-state index contributed by atoms with van der Waals surface area (Å²) in [4.78, 5) is 36.3. The van der Waals surface area contributed by atoms with Crippen LogP contribution in [-0.4, -0.2) is 40.0 Å². The second-order valence-electron chi connectivity index (χ2n) is 6.27. The number of amides is 1. The molecule has 2 fully saturated rings. The van der Waals surface area contributed by atoms with Gasteiger partial charge in [-0.25, -0.2) is 0 Å². The summed E-state index contributed by atoms with van der Waals surface area (Å²) in [6.45, 7) is 0. The van der Waals surface area contributed by atoms with Gasteiger partial charge in [0, 0.05) is 17.5 Å². The van der Waals surface area contributed by atoms with E-state index >= 15 is 0 Å². The number of aliphatic carboxylic acids is 1. The molecule has 1 heterocycles. The number of rotatable bonds is 3. The predicted molar refractivity (Wildman–Crippen MR) is 80.7 cm³/mol. The van der Waals surface area contributed by atoms with Crippen LogP contribution >= 0.6 is 0 Å². The molecule has 1 aliphatic heterocycles. The maximum atomic E-state index is 12.6. The normalized spacial score (nSPS) is 33.4. The molecule has 23 heavy (non-hydrogen) atoms. The number of carboxylic acids is 1. The van der Waals surface area contributed by atoms with Crippen molar-refractivity contribution in [3.63, 3.8) is 0 Å². The standard InChI is InChI=1S/C17H19NO5/c19-14(9-5-2-1-3-6-9)12-15(20)10-7-4-8-11(17(22)23)13(10)18-16(12)21/h1-3,5-6,10-13,15,20H,4,7-8H2,(H,18,21)(H,22,23). The van der Waals surface area contributed by atoms with Gasteiger partial charge in [0.1, 0.15) is 5.92 Å². The highest BCUT2D eigenvalue weighted by Crippen LogP contribution is 2.38. The topological polar surface area (TPSA) is 104 Å². The lowest BCUT2D eigenvalue weighted by Gasteiger charge is -2.45. The monoisotopic (exact) mass is 317 g/mol. The van der Waals surface area contributed by atoms with Crippen molar-refractivity contribution in [1.29, 1.82) is 0 Å². The number of piperidine rings is 1. The Morgan fingerprint density at radius 3 is 2.48 bits per heavy atom. The van der Waals surface area contributed by atoms with Crippen LogP contribution in [0.3, 0.4) is 0 Å². The van der Waals surface area contributed by atoms with Crippen molar-refractivity contribution in [1.82, 2.24) is 5.32 Å². The molecule has 1 aromatic rings. The number of carboxylic acid groups (broad SMARTS) is 1. The highest BCUT2D eigenvalue weighted by atomic mass is 16.4. The first-order valence-corrected chi connectivity index (χ1v) is 7.81. The van der Waals surface area contributed by atoms with Gasteiger partial charge in [-0.1, -0.05) is 36.8 Å². The van der Waals surface area contributed by atoms with Gasteiger partial charge in [0.05, 0.1) is 12.0 Å². The number of aliphatic hydroxyl groups excluding tert-OH is 1. The molecule has 1 aromatic carbocycles. The van der Waals surface area contributed by atoms with Crippen LogP contribution in [0.2, 0.25) is 0 Å². The Bertz CT molecular complexity index is 629. The molecule has 3 rings (SSSR count). The smallest absolute Gasteiger partial charge is 0.308 e. The van der Waals surface area contributed by atoms with Crippen LogP contribution in [0.25, 0.3) is 0 Å². The van der Waals surface area contributed by atoms with Gasteiger partial charge >= 0.3 is 5.97 Å². The molecule has 1 saturated carbocycles. The molecule has 0 spiro atoms. The molecule has 6 heteroatoms. The number of aliphatic hydroxyl groups is 1. The molecule has 122 valence electrons.